The summed E-state index contributed by atoms with van der Waals surface area (Å²) in [7, 11) is 0. The quantitative estimate of drug-likeness (QED) is 0.814. The molecule has 0 aliphatic carbocycles. The maximum Gasteiger partial charge on any atom is 0.221 e. The van der Waals surface area contributed by atoms with Gasteiger partial charge in [-0.1, -0.05) is 25.5 Å². The van der Waals surface area contributed by atoms with Gasteiger partial charge in [-0.3, -0.25) is 4.79 Å². The molecule has 0 atom stereocenters. The third-order valence-electron chi connectivity index (χ3n) is 4.28. The topological polar surface area (TPSA) is 44.4 Å². The molecule has 1 aromatic carbocycles. The molecular formula is C18H29N3O. The van der Waals surface area contributed by atoms with E-state index in [0.29, 0.717) is 6.04 Å². The Hall–Kier alpha value is -1.39. The van der Waals surface area contributed by atoms with Crippen LogP contribution in [-0.2, 0) is 11.3 Å². The Bertz CT molecular complexity index is 450. The van der Waals surface area contributed by atoms with Crippen molar-refractivity contribution in [3.05, 3.63) is 29.8 Å². The molecule has 1 heterocycles. The van der Waals surface area contributed by atoms with E-state index in [4.69, 9.17) is 0 Å². The second-order valence-electron chi connectivity index (χ2n) is 6.23. The Labute approximate surface area is 134 Å². The predicted molar refractivity (Wildman–Crippen MR) is 92.0 cm³/mol. The normalized spacial score (nSPS) is 16.6. The molecule has 2 rings (SSSR count). The predicted octanol–water partition coefficient (Wildman–Crippen LogP) is 3.00. The van der Waals surface area contributed by atoms with Gasteiger partial charge in [0.1, 0.15) is 0 Å². The minimum absolute atomic E-state index is 0.0271. The number of benzene rings is 1. The lowest BCUT2D eigenvalue weighted by atomic mass is 10.0. The highest BCUT2D eigenvalue weighted by Gasteiger charge is 2.17. The smallest absolute Gasteiger partial charge is 0.221 e. The van der Waals surface area contributed by atoms with Gasteiger partial charge >= 0.3 is 0 Å². The van der Waals surface area contributed by atoms with Crippen molar-refractivity contribution in [3.63, 3.8) is 0 Å². The van der Waals surface area contributed by atoms with Crippen molar-refractivity contribution in [1.82, 2.24) is 10.2 Å². The van der Waals surface area contributed by atoms with Crippen LogP contribution in [0.3, 0.4) is 0 Å². The number of hydrogen-bond donors (Lipinski definition) is 2. The largest absolute Gasteiger partial charge is 0.326 e. The maximum absolute atomic E-state index is 11.0. The Morgan fingerprint density at radius 1 is 1.23 bits per heavy atom. The number of nitrogens with zero attached hydrogens (tertiary/aromatic N) is 1. The Kier molecular flexibility index (Phi) is 6.87. The highest BCUT2D eigenvalue weighted by Crippen LogP contribution is 2.13. The third kappa shape index (κ3) is 5.78. The summed E-state index contributed by atoms with van der Waals surface area (Å²) in [4.78, 5) is 13.6. The average molecular weight is 303 g/mol. The van der Waals surface area contributed by atoms with E-state index in [1.165, 1.54) is 57.8 Å². The molecule has 4 heteroatoms. The van der Waals surface area contributed by atoms with Gasteiger partial charge in [-0.05, 0) is 56.6 Å². The van der Waals surface area contributed by atoms with Crippen molar-refractivity contribution in [2.75, 3.05) is 25.0 Å². The van der Waals surface area contributed by atoms with E-state index in [1.807, 2.05) is 12.1 Å². The van der Waals surface area contributed by atoms with Gasteiger partial charge in [0.25, 0.3) is 0 Å². The minimum atomic E-state index is -0.0271. The zero-order valence-corrected chi connectivity index (χ0v) is 13.9. The fraction of sp³-hybridized carbons (Fsp3) is 0.611. The molecule has 1 fully saturated rings. The van der Waals surface area contributed by atoms with Gasteiger partial charge in [0.2, 0.25) is 5.91 Å². The molecule has 1 aliphatic rings. The van der Waals surface area contributed by atoms with E-state index >= 15 is 0 Å². The number of amides is 1. The molecule has 0 radical (unpaired) electrons. The van der Waals surface area contributed by atoms with Gasteiger partial charge < -0.3 is 15.5 Å². The van der Waals surface area contributed by atoms with Crippen LogP contribution in [0.4, 0.5) is 5.69 Å². The lowest BCUT2D eigenvalue weighted by molar-refractivity contribution is -0.114. The zero-order valence-electron chi connectivity index (χ0n) is 13.9. The highest BCUT2D eigenvalue weighted by atomic mass is 16.1. The number of carbonyl (C=O) groups is 1. The fourth-order valence-electron chi connectivity index (χ4n) is 2.91. The first kappa shape index (κ1) is 17.0. The summed E-state index contributed by atoms with van der Waals surface area (Å²) < 4.78 is 0. The van der Waals surface area contributed by atoms with Crippen molar-refractivity contribution in [1.29, 1.82) is 0 Å². The average Bonchev–Trinajstić information content (AvgIpc) is 2.53. The highest BCUT2D eigenvalue weighted by molar-refractivity contribution is 5.88. The number of rotatable bonds is 7. The summed E-state index contributed by atoms with van der Waals surface area (Å²) in [5, 5.41) is 6.45. The van der Waals surface area contributed by atoms with Crippen LogP contribution in [0.5, 0.6) is 0 Å². The van der Waals surface area contributed by atoms with Gasteiger partial charge in [0, 0.05) is 25.2 Å². The number of unbranched alkanes of at least 4 members (excludes halogenated alkanes) is 1. The second-order valence-corrected chi connectivity index (χ2v) is 6.23. The van der Waals surface area contributed by atoms with E-state index in [-0.39, 0.29) is 5.91 Å². The molecule has 0 saturated carbocycles. The molecule has 0 unspecified atom stereocenters. The SMILES string of the molecule is CCCCN1CCC(NCc2ccc(NC(C)=O)cc2)CC1. The Morgan fingerprint density at radius 2 is 1.91 bits per heavy atom. The lowest BCUT2D eigenvalue weighted by Gasteiger charge is -2.32. The van der Waals surface area contributed by atoms with E-state index in [0.717, 1.165) is 12.2 Å². The molecule has 0 spiro atoms. The van der Waals surface area contributed by atoms with Crippen LogP contribution >= 0.6 is 0 Å². The molecule has 0 aromatic heterocycles. The molecule has 1 aromatic rings. The van der Waals surface area contributed by atoms with E-state index in [2.05, 4.69) is 34.6 Å². The first-order valence-corrected chi connectivity index (χ1v) is 8.49. The molecule has 22 heavy (non-hydrogen) atoms. The van der Waals surface area contributed by atoms with Crippen molar-refractivity contribution < 1.29 is 4.79 Å². The summed E-state index contributed by atoms with van der Waals surface area (Å²) >= 11 is 0. The van der Waals surface area contributed by atoms with Gasteiger partial charge in [-0.25, -0.2) is 0 Å². The number of carbonyl (C=O) groups excluding carboxylic acids is 1. The Morgan fingerprint density at radius 3 is 2.50 bits per heavy atom. The Balaban J connectivity index is 1.69. The summed E-state index contributed by atoms with van der Waals surface area (Å²) in [6.07, 6.45) is 5.09. The summed E-state index contributed by atoms with van der Waals surface area (Å²) in [6.45, 7) is 8.39. The van der Waals surface area contributed by atoms with Crippen LogP contribution in [0.25, 0.3) is 0 Å². The van der Waals surface area contributed by atoms with E-state index in [1.54, 1.807) is 0 Å². The number of nitrogens with one attached hydrogen (secondary N) is 2. The number of hydrogen-bond acceptors (Lipinski definition) is 3. The summed E-state index contributed by atoms with van der Waals surface area (Å²) in [5.74, 6) is -0.0271. The molecule has 122 valence electrons. The van der Waals surface area contributed by atoms with Gasteiger partial charge in [0.15, 0.2) is 0 Å². The second kappa shape index (κ2) is 8.91. The number of likely N-dealkylation sites (tertiary alicyclic amines) is 1. The first-order chi connectivity index (χ1) is 10.7. The van der Waals surface area contributed by atoms with E-state index < -0.39 is 0 Å². The number of anilines is 1. The maximum atomic E-state index is 11.0. The minimum Gasteiger partial charge on any atom is -0.326 e. The molecular weight excluding hydrogens is 274 g/mol. The van der Waals surface area contributed by atoms with Crippen LogP contribution in [0.2, 0.25) is 0 Å². The van der Waals surface area contributed by atoms with Crippen LogP contribution in [0, 0.1) is 0 Å². The molecule has 1 aliphatic heterocycles. The first-order valence-electron chi connectivity index (χ1n) is 8.49. The third-order valence-corrected chi connectivity index (χ3v) is 4.28. The standard InChI is InChI=1S/C18H29N3O/c1-3-4-11-21-12-9-17(10-13-21)19-14-16-5-7-18(8-6-16)20-15(2)22/h5-8,17,19H,3-4,9-14H2,1-2H3,(H,20,22). The molecule has 1 saturated heterocycles. The monoisotopic (exact) mass is 303 g/mol. The lowest BCUT2D eigenvalue weighted by Crippen LogP contribution is -2.42. The molecule has 4 nitrogen and oxygen atoms in total. The van der Waals surface area contributed by atoms with Gasteiger partial charge in [-0.2, -0.15) is 0 Å². The molecule has 2 N–H and O–H groups in total. The summed E-state index contributed by atoms with van der Waals surface area (Å²) in [6, 6.07) is 8.72. The van der Waals surface area contributed by atoms with Crippen molar-refractivity contribution >= 4 is 11.6 Å². The van der Waals surface area contributed by atoms with Crippen LogP contribution in [0.1, 0.15) is 45.1 Å². The van der Waals surface area contributed by atoms with Crippen molar-refractivity contribution in [3.8, 4) is 0 Å². The van der Waals surface area contributed by atoms with E-state index in [9.17, 15) is 4.79 Å². The molecule has 1 amide bonds. The van der Waals surface area contributed by atoms with Crippen LogP contribution in [0.15, 0.2) is 24.3 Å². The molecule has 0 bridgehead atoms. The summed E-state index contributed by atoms with van der Waals surface area (Å²) in [5.41, 5.74) is 2.13. The number of piperidine rings is 1. The van der Waals surface area contributed by atoms with Crippen LogP contribution < -0.4 is 10.6 Å². The van der Waals surface area contributed by atoms with Crippen molar-refractivity contribution in [2.24, 2.45) is 0 Å². The van der Waals surface area contributed by atoms with Gasteiger partial charge in [-0.15, -0.1) is 0 Å². The fourth-order valence-corrected chi connectivity index (χ4v) is 2.91. The van der Waals surface area contributed by atoms with Crippen LogP contribution in [-0.4, -0.2) is 36.5 Å². The zero-order chi connectivity index (χ0) is 15.8. The van der Waals surface area contributed by atoms with Gasteiger partial charge in [0.05, 0.1) is 0 Å². The van der Waals surface area contributed by atoms with Crippen molar-refractivity contribution in [2.45, 2.75) is 52.1 Å².